The predicted molar refractivity (Wildman–Crippen MR) is 77.1 cm³/mol. The second-order valence-electron chi connectivity index (χ2n) is 5.27. The molecule has 0 spiro atoms. The van der Waals surface area contributed by atoms with Gasteiger partial charge in [0.2, 0.25) is 0 Å². The Hall–Kier alpha value is -1.11. The molecule has 1 aromatic rings. The van der Waals surface area contributed by atoms with Crippen molar-refractivity contribution >= 4 is 0 Å². The minimum absolute atomic E-state index is 0.0382. The van der Waals surface area contributed by atoms with Gasteiger partial charge in [0, 0.05) is 13.1 Å². The molecule has 0 amide bonds. The average Bonchev–Trinajstić information content (AvgIpc) is 2.47. The second-order valence-corrected chi connectivity index (χ2v) is 5.27. The molecule has 3 nitrogen and oxygen atoms in total. The number of aliphatic hydroxyl groups excluding tert-OH is 1. The Kier molecular flexibility index (Phi) is 6.64. The van der Waals surface area contributed by atoms with Crippen LogP contribution >= 0.6 is 0 Å². The molecule has 1 atom stereocenters. The van der Waals surface area contributed by atoms with Crippen LogP contribution in [0.25, 0.3) is 0 Å². The zero-order valence-corrected chi connectivity index (χ0v) is 12.5. The SMILES string of the molecule is CNC(CO)(CCN(C)CCC(F)(F)F)c1ccccc1. The number of likely N-dealkylation sites (N-methyl/N-ethyl adjacent to an activating group) is 1. The molecule has 0 saturated carbocycles. The summed E-state index contributed by atoms with van der Waals surface area (Å²) >= 11 is 0. The maximum absolute atomic E-state index is 12.2. The first-order valence-electron chi connectivity index (χ1n) is 6.93. The molecule has 0 saturated heterocycles. The van der Waals surface area contributed by atoms with E-state index in [4.69, 9.17) is 0 Å². The van der Waals surface area contributed by atoms with E-state index in [0.717, 1.165) is 5.56 Å². The second kappa shape index (κ2) is 7.77. The van der Waals surface area contributed by atoms with Crippen molar-refractivity contribution in [2.75, 3.05) is 33.8 Å². The topological polar surface area (TPSA) is 35.5 Å². The van der Waals surface area contributed by atoms with E-state index < -0.39 is 18.1 Å². The van der Waals surface area contributed by atoms with Gasteiger partial charge in [-0.2, -0.15) is 13.2 Å². The number of hydrogen-bond donors (Lipinski definition) is 2. The number of benzene rings is 1. The first-order valence-corrected chi connectivity index (χ1v) is 6.93. The molecule has 1 rings (SSSR count). The van der Waals surface area contributed by atoms with Gasteiger partial charge < -0.3 is 15.3 Å². The van der Waals surface area contributed by atoms with E-state index in [1.807, 2.05) is 30.3 Å². The lowest BCUT2D eigenvalue weighted by Crippen LogP contribution is -2.46. The van der Waals surface area contributed by atoms with E-state index in [1.54, 1.807) is 19.0 Å². The van der Waals surface area contributed by atoms with Crippen LogP contribution in [-0.2, 0) is 5.54 Å². The highest BCUT2D eigenvalue weighted by molar-refractivity contribution is 5.24. The summed E-state index contributed by atoms with van der Waals surface area (Å²) in [6, 6.07) is 9.45. The van der Waals surface area contributed by atoms with Gasteiger partial charge in [-0.3, -0.25) is 0 Å². The minimum atomic E-state index is -4.13. The minimum Gasteiger partial charge on any atom is -0.394 e. The lowest BCUT2D eigenvalue weighted by atomic mass is 9.87. The van der Waals surface area contributed by atoms with Gasteiger partial charge in [0.15, 0.2) is 0 Å². The number of hydrogen-bond acceptors (Lipinski definition) is 3. The molecular weight excluding hydrogens is 281 g/mol. The fraction of sp³-hybridized carbons (Fsp3) is 0.600. The van der Waals surface area contributed by atoms with Crippen molar-refractivity contribution in [3.8, 4) is 0 Å². The molecule has 0 fully saturated rings. The Labute approximate surface area is 123 Å². The van der Waals surface area contributed by atoms with E-state index in [0.29, 0.717) is 13.0 Å². The first-order chi connectivity index (χ1) is 9.83. The van der Waals surface area contributed by atoms with Crippen LogP contribution in [0.4, 0.5) is 13.2 Å². The largest absolute Gasteiger partial charge is 0.394 e. The number of halogens is 3. The van der Waals surface area contributed by atoms with Crippen molar-refractivity contribution in [2.24, 2.45) is 0 Å². The molecule has 0 radical (unpaired) electrons. The van der Waals surface area contributed by atoms with E-state index in [9.17, 15) is 18.3 Å². The number of rotatable bonds is 8. The molecule has 0 heterocycles. The number of nitrogens with one attached hydrogen (secondary N) is 1. The van der Waals surface area contributed by atoms with Crippen molar-refractivity contribution < 1.29 is 18.3 Å². The maximum Gasteiger partial charge on any atom is 0.390 e. The van der Waals surface area contributed by atoms with Crippen molar-refractivity contribution in [3.63, 3.8) is 0 Å². The van der Waals surface area contributed by atoms with Gasteiger partial charge in [0.05, 0.1) is 18.6 Å². The summed E-state index contributed by atoms with van der Waals surface area (Å²) in [6.45, 7) is 0.316. The Balaban J connectivity index is 2.64. The van der Waals surface area contributed by atoms with Crippen LogP contribution in [0.15, 0.2) is 30.3 Å². The highest BCUT2D eigenvalue weighted by Gasteiger charge is 2.31. The Bertz CT molecular complexity index is 405. The van der Waals surface area contributed by atoms with Crippen molar-refractivity contribution in [2.45, 2.75) is 24.6 Å². The van der Waals surface area contributed by atoms with Gasteiger partial charge in [0.25, 0.3) is 0 Å². The number of aliphatic hydroxyl groups is 1. The summed E-state index contributed by atoms with van der Waals surface area (Å²) in [6.07, 6.45) is -4.43. The molecule has 1 unspecified atom stereocenters. The molecule has 0 bridgehead atoms. The lowest BCUT2D eigenvalue weighted by molar-refractivity contribution is -0.137. The Morgan fingerprint density at radius 2 is 1.67 bits per heavy atom. The third-order valence-electron chi connectivity index (χ3n) is 3.77. The van der Waals surface area contributed by atoms with E-state index in [-0.39, 0.29) is 13.2 Å². The van der Waals surface area contributed by atoms with E-state index in [1.165, 1.54) is 0 Å². The molecule has 6 heteroatoms. The van der Waals surface area contributed by atoms with E-state index >= 15 is 0 Å². The summed E-state index contributed by atoms with van der Waals surface area (Å²) < 4.78 is 36.6. The molecule has 2 N–H and O–H groups in total. The van der Waals surface area contributed by atoms with Crippen LogP contribution in [0.2, 0.25) is 0 Å². The fourth-order valence-electron chi connectivity index (χ4n) is 2.23. The highest BCUT2D eigenvalue weighted by atomic mass is 19.4. The van der Waals surface area contributed by atoms with Gasteiger partial charge in [-0.25, -0.2) is 0 Å². The Morgan fingerprint density at radius 3 is 2.14 bits per heavy atom. The summed E-state index contributed by atoms with van der Waals surface area (Å²) in [5.74, 6) is 0. The molecule has 0 aliphatic carbocycles. The fourth-order valence-corrected chi connectivity index (χ4v) is 2.23. The zero-order valence-electron chi connectivity index (χ0n) is 12.5. The lowest BCUT2D eigenvalue weighted by Gasteiger charge is -2.34. The summed E-state index contributed by atoms with van der Waals surface area (Å²) in [5.41, 5.74) is 0.299. The standard InChI is InChI=1S/C15H23F3N2O/c1-19-14(12-21,13-6-4-3-5-7-13)8-10-20(2)11-9-15(16,17)18/h3-7,19,21H,8-12H2,1-2H3. The van der Waals surface area contributed by atoms with Gasteiger partial charge >= 0.3 is 6.18 Å². The molecule has 120 valence electrons. The van der Waals surface area contributed by atoms with Crippen molar-refractivity contribution in [1.29, 1.82) is 0 Å². The molecule has 1 aromatic carbocycles. The van der Waals surface area contributed by atoms with Crippen LogP contribution in [-0.4, -0.2) is 50.0 Å². The van der Waals surface area contributed by atoms with Crippen LogP contribution in [0.1, 0.15) is 18.4 Å². The van der Waals surface area contributed by atoms with Crippen molar-refractivity contribution in [1.82, 2.24) is 10.2 Å². The third-order valence-corrected chi connectivity index (χ3v) is 3.77. The predicted octanol–water partition coefficient (Wildman–Crippen LogP) is 2.37. The quantitative estimate of drug-likeness (QED) is 0.774. The normalized spacial score (nSPS) is 15.2. The van der Waals surface area contributed by atoms with Gasteiger partial charge in [0.1, 0.15) is 0 Å². The molecular formula is C15H23F3N2O. The monoisotopic (exact) mass is 304 g/mol. The molecule has 21 heavy (non-hydrogen) atoms. The van der Waals surface area contributed by atoms with Gasteiger partial charge in [-0.15, -0.1) is 0 Å². The molecule has 0 aromatic heterocycles. The third kappa shape index (κ3) is 5.65. The van der Waals surface area contributed by atoms with Crippen LogP contribution in [0.5, 0.6) is 0 Å². The van der Waals surface area contributed by atoms with Crippen LogP contribution < -0.4 is 5.32 Å². The Morgan fingerprint density at radius 1 is 1.10 bits per heavy atom. The summed E-state index contributed by atoms with van der Waals surface area (Å²) in [7, 11) is 3.41. The smallest absolute Gasteiger partial charge is 0.390 e. The summed E-state index contributed by atoms with van der Waals surface area (Å²) in [5, 5.41) is 12.9. The summed E-state index contributed by atoms with van der Waals surface area (Å²) in [4.78, 5) is 1.64. The maximum atomic E-state index is 12.2. The highest BCUT2D eigenvalue weighted by Crippen LogP contribution is 2.25. The zero-order chi connectivity index (χ0) is 15.9. The molecule has 0 aliphatic rings. The van der Waals surface area contributed by atoms with Gasteiger partial charge in [-0.05, 0) is 26.1 Å². The van der Waals surface area contributed by atoms with Crippen LogP contribution in [0.3, 0.4) is 0 Å². The first kappa shape index (κ1) is 17.9. The number of alkyl halides is 3. The van der Waals surface area contributed by atoms with Gasteiger partial charge in [-0.1, -0.05) is 30.3 Å². The average molecular weight is 304 g/mol. The van der Waals surface area contributed by atoms with E-state index in [2.05, 4.69) is 5.32 Å². The van der Waals surface area contributed by atoms with Crippen LogP contribution in [0, 0.1) is 0 Å². The number of nitrogens with zero attached hydrogens (tertiary/aromatic N) is 1. The molecule has 0 aliphatic heterocycles. The van der Waals surface area contributed by atoms with Crippen molar-refractivity contribution in [3.05, 3.63) is 35.9 Å².